The molecule has 0 aliphatic heterocycles. The third-order valence-corrected chi connectivity index (χ3v) is 3.04. The summed E-state index contributed by atoms with van der Waals surface area (Å²) < 4.78 is 5.05. The van der Waals surface area contributed by atoms with Crippen LogP contribution in [0.4, 0.5) is 11.4 Å². The van der Waals surface area contributed by atoms with Crippen LogP contribution in [0.1, 0.15) is 15.9 Å². The Kier molecular flexibility index (Phi) is 3.79. The van der Waals surface area contributed by atoms with E-state index in [2.05, 4.69) is 5.32 Å². The number of phenolic OH excluding ortho intramolecular Hbond substituents is 1. The van der Waals surface area contributed by atoms with Crippen LogP contribution in [-0.2, 0) is 0 Å². The molecule has 0 bridgehead atoms. The van der Waals surface area contributed by atoms with Crippen LogP contribution >= 0.6 is 0 Å². The van der Waals surface area contributed by atoms with Gasteiger partial charge in [-0.25, -0.2) is 0 Å². The number of aromatic hydroxyl groups is 1. The number of nitrogens with one attached hydrogen (secondary N) is 1. The van der Waals surface area contributed by atoms with Crippen molar-refractivity contribution in [3.63, 3.8) is 0 Å². The van der Waals surface area contributed by atoms with Crippen LogP contribution in [0.2, 0.25) is 0 Å². The zero-order valence-electron chi connectivity index (χ0n) is 11.3. The molecule has 5 heteroatoms. The smallest absolute Gasteiger partial charge is 0.256 e. The highest BCUT2D eigenvalue weighted by atomic mass is 16.5. The molecule has 0 radical (unpaired) electrons. The molecule has 20 heavy (non-hydrogen) atoms. The lowest BCUT2D eigenvalue weighted by Crippen LogP contribution is -2.13. The monoisotopic (exact) mass is 272 g/mol. The lowest BCUT2D eigenvalue weighted by atomic mass is 10.1. The van der Waals surface area contributed by atoms with Crippen molar-refractivity contribution in [3.05, 3.63) is 47.5 Å². The minimum Gasteiger partial charge on any atom is -0.508 e. The minimum absolute atomic E-state index is 0.0897. The highest BCUT2D eigenvalue weighted by Crippen LogP contribution is 2.26. The van der Waals surface area contributed by atoms with Gasteiger partial charge in [-0.15, -0.1) is 0 Å². The van der Waals surface area contributed by atoms with E-state index >= 15 is 0 Å². The summed E-state index contributed by atoms with van der Waals surface area (Å²) in [5.41, 5.74) is 7.74. The van der Waals surface area contributed by atoms with Gasteiger partial charge in [0.1, 0.15) is 11.5 Å². The van der Waals surface area contributed by atoms with E-state index < -0.39 is 0 Å². The Morgan fingerprint density at radius 1 is 1.30 bits per heavy atom. The Morgan fingerprint density at radius 3 is 2.70 bits per heavy atom. The van der Waals surface area contributed by atoms with E-state index in [9.17, 15) is 9.90 Å². The van der Waals surface area contributed by atoms with Gasteiger partial charge in [0.15, 0.2) is 0 Å². The molecule has 0 spiro atoms. The number of amides is 1. The number of nitrogen functional groups attached to an aromatic ring is 1. The summed E-state index contributed by atoms with van der Waals surface area (Å²) in [6, 6.07) is 9.81. The molecule has 104 valence electrons. The third-order valence-electron chi connectivity index (χ3n) is 3.04. The average molecular weight is 272 g/mol. The first-order valence-electron chi connectivity index (χ1n) is 6.06. The average Bonchev–Trinajstić information content (AvgIpc) is 2.42. The lowest BCUT2D eigenvalue weighted by molar-refractivity contribution is 0.102. The van der Waals surface area contributed by atoms with E-state index in [0.29, 0.717) is 28.3 Å². The molecule has 0 saturated heterocycles. The molecule has 1 amide bonds. The first-order valence-corrected chi connectivity index (χ1v) is 6.06. The molecule has 2 aromatic carbocycles. The molecule has 0 saturated carbocycles. The van der Waals surface area contributed by atoms with E-state index in [4.69, 9.17) is 10.5 Å². The molecule has 0 aliphatic carbocycles. The van der Waals surface area contributed by atoms with Gasteiger partial charge in [0, 0.05) is 16.8 Å². The van der Waals surface area contributed by atoms with Gasteiger partial charge < -0.3 is 20.9 Å². The maximum atomic E-state index is 12.2. The number of hydrogen-bond donors (Lipinski definition) is 3. The van der Waals surface area contributed by atoms with Crippen LogP contribution < -0.4 is 15.8 Å². The molecule has 0 fully saturated rings. The quantitative estimate of drug-likeness (QED) is 0.750. The first-order chi connectivity index (χ1) is 9.52. The first kappa shape index (κ1) is 13.7. The Bertz CT molecular complexity index is 654. The van der Waals surface area contributed by atoms with Gasteiger partial charge in [-0.1, -0.05) is 6.07 Å². The number of rotatable bonds is 3. The molecule has 0 aromatic heterocycles. The predicted octanol–water partition coefficient (Wildman–Crippen LogP) is 2.54. The Balaban J connectivity index is 2.24. The topological polar surface area (TPSA) is 84.6 Å². The number of carbonyl (C=O) groups excluding carboxylic acids is 1. The fraction of sp³-hybridized carbons (Fsp3) is 0.133. The van der Waals surface area contributed by atoms with Crippen molar-refractivity contribution in [2.45, 2.75) is 6.92 Å². The second-order valence-electron chi connectivity index (χ2n) is 4.36. The van der Waals surface area contributed by atoms with Crippen molar-refractivity contribution in [1.82, 2.24) is 0 Å². The standard InChI is InChI=1S/C15H16N2O3/c1-9-11(4-3-5-13(9)18)15(19)17-10-6-7-14(20-2)12(16)8-10/h3-8,18H,16H2,1-2H3,(H,17,19). The summed E-state index contributed by atoms with van der Waals surface area (Å²) >= 11 is 0. The van der Waals surface area contributed by atoms with E-state index in [0.717, 1.165) is 0 Å². The molecule has 0 aliphatic rings. The van der Waals surface area contributed by atoms with Crippen LogP contribution in [0.15, 0.2) is 36.4 Å². The van der Waals surface area contributed by atoms with Gasteiger partial charge in [-0.2, -0.15) is 0 Å². The number of ether oxygens (including phenoxy) is 1. The van der Waals surface area contributed by atoms with Crippen molar-refractivity contribution in [1.29, 1.82) is 0 Å². The van der Waals surface area contributed by atoms with Gasteiger partial charge in [0.25, 0.3) is 5.91 Å². The van der Waals surface area contributed by atoms with Gasteiger partial charge in [0.05, 0.1) is 12.8 Å². The SMILES string of the molecule is COc1ccc(NC(=O)c2cccc(O)c2C)cc1N. The summed E-state index contributed by atoms with van der Waals surface area (Å²) in [5, 5.41) is 12.3. The fourth-order valence-electron chi connectivity index (χ4n) is 1.88. The summed E-state index contributed by atoms with van der Waals surface area (Å²) in [6.07, 6.45) is 0. The molecule has 0 unspecified atom stereocenters. The van der Waals surface area contributed by atoms with Crippen LogP contribution in [0, 0.1) is 6.92 Å². The Hall–Kier alpha value is -2.69. The Morgan fingerprint density at radius 2 is 2.05 bits per heavy atom. The Labute approximate surface area is 117 Å². The molecule has 2 aromatic rings. The van der Waals surface area contributed by atoms with E-state index in [1.165, 1.54) is 13.2 Å². The molecular weight excluding hydrogens is 256 g/mol. The number of methoxy groups -OCH3 is 1. The molecule has 0 atom stereocenters. The molecule has 5 nitrogen and oxygen atoms in total. The van der Waals surface area contributed by atoms with Crippen molar-refractivity contribution in [2.24, 2.45) is 0 Å². The zero-order valence-corrected chi connectivity index (χ0v) is 11.3. The normalized spacial score (nSPS) is 10.1. The second kappa shape index (κ2) is 5.52. The lowest BCUT2D eigenvalue weighted by Gasteiger charge is -2.10. The van der Waals surface area contributed by atoms with Crippen LogP contribution in [0.3, 0.4) is 0 Å². The molecule has 0 heterocycles. The number of benzene rings is 2. The predicted molar refractivity (Wildman–Crippen MR) is 78.2 cm³/mol. The van der Waals surface area contributed by atoms with E-state index in [-0.39, 0.29) is 11.7 Å². The minimum atomic E-state index is -0.303. The van der Waals surface area contributed by atoms with Gasteiger partial charge in [-0.05, 0) is 37.3 Å². The van der Waals surface area contributed by atoms with Crippen molar-refractivity contribution in [2.75, 3.05) is 18.2 Å². The van der Waals surface area contributed by atoms with Crippen LogP contribution in [-0.4, -0.2) is 18.1 Å². The summed E-state index contributed by atoms with van der Waals surface area (Å²) in [6.45, 7) is 1.69. The van der Waals surface area contributed by atoms with Crippen LogP contribution in [0.5, 0.6) is 11.5 Å². The number of hydrogen-bond acceptors (Lipinski definition) is 4. The fourth-order valence-corrected chi connectivity index (χ4v) is 1.88. The van der Waals surface area contributed by atoms with Crippen molar-refractivity contribution < 1.29 is 14.6 Å². The molecule has 4 N–H and O–H groups in total. The number of carbonyl (C=O) groups is 1. The summed E-state index contributed by atoms with van der Waals surface area (Å²) in [5.74, 6) is 0.339. The largest absolute Gasteiger partial charge is 0.508 e. The molecular formula is C15H16N2O3. The van der Waals surface area contributed by atoms with Crippen LogP contribution in [0.25, 0.3) is 0 Å². The van der Waals surface area contributed by atoms with Crippen molar-refractivity contribution >= 4 is 17.3 Å². The highest BCUT2D eigenvalue weighted by molar-refractivity contribution is 6.05. The number of phenols is 1. The summed E-state index contributed by atoms with van der Waals surface area (Å²) in [4.78, 5) is 12.2. The summed E-state index contributed by atoms with van der Waals surface area (Å²) in [7, 11) is 1.53. The highest BCUT2D eigenvalue weighted by Gasteiger charge is 2.12. The van der Waals surface area contributed by atoms with E-state index in [1.807, 2.05) is 0 Å². The number of anilines is 2. The van der Waals surface area contributed by atoms with Gasteiger partial charge >= 0.3 is 0 Å². The maximum absolute atomic E-state index is 12.2. The van der Waals surface area contributed by atoms with Crippen molar-refractivity contribution in [3.8, 4) is 11.5 Å². The maximum Gasteiger partial charge on any atom is 0.256 e. The van der Waals surface area contributed by atoms with E-state index in [1.54, 1.807) is 37.3 Å². The zero-order chi connectivity index (χ0) is 14.7. The molecule has 2 rings (SSSR count). The number of nitrogens with two attached hydrogens (primary N) is 1. The third kappa shape index (κ3) is 2.66. The van der Waals surface area contributed by atoms with Gasteiger partial charge in [0.2, 0.25) is 0 Å². The van der Waals surface area contributed by atoms with Gasteiger partial charge in [-0.3, -0.25) is 4.79 Å². The second-order valence-corrected chi connectivity index (χ2v) is 4.36.